The van der Waals surface area contributed by atoms with E-state index < -0.39 is 10.0 Å². The van der Waals surface area contributed by atoms with Crippen LogP contribution < -0.4 is 10.1 Å². The highest BCUT2D eigenvalue weighted by atomic mass is 32.2. The average molecular weight is 478 g/mol. The standard InChI is InChI=1S/C24H35N3O5S/c1-16(2)31-22-10-8-20(9-11-22)7-6-17(3)25-24(28)21-12-14-27(15-13-21)33(29,30)23-18(4)26-32-19(23)5/h8-11,16-17,21H,6-7,12-15H2,1-5H3,(H,25,28). The van der Waals surface area contributed by atoms with Crippen molar-refractivity contribution < 1.29 is 22.5 Å². The summed E-state index contributed by atoms with van der Waals surface area (Å²) in [6.07, 6.45) is 2.83. The average Bonchev–Trinajstić information content (AvgIpc) is 3.11. The topological polar surface area (TPSA) is 102 Å². The highest BCUT2D eigenvalue weighted by Crippen LogP contribution is 2.27. The number of ether oxygens (including phenoxy) is 1. The van der Waals surface area contributed by atoms with Crippen molar-refractivity contribution in [3.63, 3.8) is 0 Å². The Bertz CT molecular complexity index is 1020. The molecule has 1 unspecified atom stereocenters. The minimum Gasteiger partial charge on any atom is -0.491 e. The lowest BCUT2D eigenvalue weighted by molar-refractivity contribution is -0.126. The van der Waals surface area contributed by atoms with Crippen molar-refractivity contribution in [1.82, 2.24) is 14.8 Å². The zero-order valence-electron chi connectivity index (χ0n) is 20.1. The fourth-order valence-corrected chi connectivity index (χ4v) is 5.91. The van der Waals surface area contributed by atoms with Crippen LogP contribution in [0.2, 0.25) is 0 Å². The van der Waals surface area contributed by atoms with Crippen molar-refractivity contribution in [2.45, 2.75) is 77.3 Å². The number of piperidine rings is 1. The smallest absolute Gasteiger partial charge is 0.248 e. The SMILES string of the molecule is Cc1noc(C)c1S(=O)(=O)N1CCC(C(=O)NC(C)CCc2ccc(OC(C)C)cc2)CC1. The Labute approximate surface area is 196 Å². The molecule has 0 aliphatic carbocycles. The van der Waals surface area contributed by atoms with Crippen LogP contribution in [0.15, 0.2) is 33.7 Å². The van der Waals surface area contributed by atoms with E-state index in [1.54, 1.807) is 13.8 Å². The molecule has 1 N–H and O–H groups in total. The third-order valence-electron chi connectivity index (χ3n) is 5.94. The molecule has 1 saturated heterocycles. The number of amides is 1. The van der Waals surface area contributed by atoms with E-state index in [2.05, 4.69) is 22.6 Å². The molecule has 182 valence electrons. The molecule has 2 aromatic rings. The highest BCUT2D eigenvalue weighted by molar-refractivity contribution is 7.89. The van der Waals surface area contributed by atoms with Crippen molar-refractivity contribution in [2.75, 3.05) is 13.1 Å². The number of carbonyl (C=O) groups is 1. The molecule has 1 aliphatic heterocycles. The molecule has 1 aromatic heterocycles. The van der Waals surface area contributed by atoms with Crippen molar-refractivity contribution in [1.29, 1.82) is 0 Å². The van der Waals surface area contributed by atoms with Crippen molar-refractivity contribution in [2.24, 2.45) is 5.92 Å². The van der Waals surface area contributed by atoms with E-state index in [-0.39, 0.29) is 28.9 Å². The molecule has 3 rings (SSSR count). The zero-order chi connectivity index (χ0) is 24.2. The fraction of sp³-hybridized carbons (Fsp3) is 0.583. The predicted octanol–water partition coefficient (Wildman–Crippen LogP) is 3.62. The second kappa shape index (κ2) is 10.7. The van der Waals surface area contributed by atoms with Crippen molar-refractivity contribution in [3.8, 4) is 5.75 Å². The van der Waals surface area contributed by atoms with Gasteiger partial charge in [-0.25, -0.2) is 8.42 Å². The summed E-state index contributed by atoms with van der Waals surface area (Å²) in [5.41, 5.74) is 1.56. The number of benzene rings is 1. The van der Waals surface area contributed by atoms with E-state index in [0.717, 1.165) is 18.6 Å². The molecule has 8 nitrogen and oxygen atoms in total. The molecular formula is C24H35N3O5S. The second-order valence-corrected chi connectivity index (χ2v) is 11.0. The lowest BCUT2D eigenvalue weighted by atomic mass is 9.96. The van der Waals surface area contributed by atoms with Crippen LogP contribution in [-0.2, 0) is 21.2 Å². The van der Waals surface area contributed by atoms with Crippen LogP contribution in [0.4, 0.5) is 0 Å². The highest BCUT2D eigenvalue weighted by Gasteiger charge is 2.35. The van der Waals surface area contributed by atoms with Crippen LogP contribution in [0.1, 0.15) is 57.1 Å². The van der Waals surface area contributed by atoms with E-state index in [1.165, 1.54) is 9.87 Å². The molecule has 1 aromatic carbocycles. The summed E-state index contributed by atoms with van der Waals surface area (Å²) in [4.78, 5) is 12.9. The monoisotopic (exact) mass is 477 g/mol. The van der Waals surface area contributed by atoms with Crippen LogP contribution in [0.25, 0.3) is 0 Å². The Kier molecular flexibility index (Phi) is 8.18. The molecular weight excluding hydrogens is 442 g/mol. The molecule has 1 fully saturated rings. The minimum atomic E-state index is -3.67. The van der Waals surface area contributed by atoms with E-state index >= 15 is 0 Å². The molecule has 1 aliphatic rings. The first-order valence-corrected chi connectivity index (χ1v) is 13.0. The molecule has 9 heteroatoms. The van der Waals surface area contributed by atoms with E-state index in [0.29, 0.717) is 37.4 Å². The normalized spacial score (nSPS) is 16.7. The first kappa shape index (κ1) is 25.2. The van der Waals surface area contributed by atoms with Gasteiger partial charge in [-0.15, -0.1) is 0 Å². The number of rotatable bonds is 9. The maximum absolute atomic E-state index is 13.0. The van der Waals surface area contributed by atoms with Crippen molar-refractivity contribution >= 4 is 15.9 Å². The van der Waals surface area contributed by atoms with Crippen LogP contribution >= 0.6 is 0 Å². The largest absolute Gasteiger partial charge is 0.491 e. The van der Waals surface area contributed by atoms with Gasteiger partial charge in [-0.1, -0.05) is 17.3 Å². The Morgan fingerprint density at radius 2 is 1.82 bits per heavy atom. The van der Waals surface area contributed by atoms with Gasteiger partial charge in [0.2, 0.25) is 15.9 Å². The second-order valence-electron chi connectivity index (χ2n) is 9.09. The number of hydrogen-bond acceptors (Lipinski definition) is 6. The first-order chi connectivity index (χ1) is 15.6. The third-order valence-corrected chi connectivity index (χ3v) is 8.08. The number of sulfonamides is 1. The lowest BCUT2D eigenvalue weighted by Gasteiger charge is -2.31. The van der Waals surface area contributed by atoms with Gasteiger partial charge in [-0.2, -0.15) is 4.31 Å². The third kappa shape index (κ3) is 6.35. The summed E-state index contributed by atoms with van der Waals surface area (Å²) in [5, 5.41) is 6.86. The maximum Gasteiger partial charge on any atom is 0.248 e. The quantitative estimate of drug-likeness (QED) is 0.592. The Hall–Kier alpha value is -2.39. The van der Waals surface area contributed by atoms with Gasteiger partial charge >= 0.3 is 0 Å². The summed E-state index contributed by atoms with van der Waals surface area (Å²) < 4.78 is 38.0. The molecule has 1 atom stereocenters. The number of nitrogens with one attached hydrogen (secondary N) is 1. The molecule has 33 heavy (non-hydrogen) atoms. The van der Waals surface area contributed by atoms with Gasteiger partial charge in [0.15, 0.2) is 5.76 Å². The van der Waals surface area contributed by atoms with Gasteiger partial charge in [0, 0.05) is 25.0 Å². The van der Waals surface area contributed by atoms with Crippen molar-refractivity contribution in [3.05, 3.63) is 41.3 Å². The molecule has 2 heterocycles. The number of nitrogens with zero attached hydrogens (tertiary/aromatic N) is 2. The van der Waals surface area contributed by atoms with Crippen LogP contribution in [0.5, 0.6) is 5.75 Å². The number of aryl methyl sites for hydroxylation is 3. The van der Waals surface area contributed by atoms with Gasteiger partial charge in [-0.3, -0.25) is 4.79 Å². The fourth-order valence-electron chi connectivity index (χ4n) is 4.15. The number of hydrogen-bond donors (Lipinski definition) is 1. The van der Waals surface area contributed by atoms with E-state index in [1.807, 2.05) is 32.9 Å². The summed E-state index contributed by atoms with van der Waals surface area (Å²) in [6.45, 7) is 9.85. The Morgan fingerprint density at radius 3 is 2.36 bits per heavy atom. The van der Waals surface area contributed by atoms with E-state index in [4.69, 9.17) is 9.26 Å². The first-order valence-electron chi connectivity index (χ1n) is 11.6. The Balaban J connectivity index is 1.46. The lowest BCUT2D eigenvalue weighted by Crippen LogP contribution is -2.45. The molecule has 0 saturated carbocycles. The number of carbonyl (C=O) groups excluding carboxylic acids is 1. The van der Waals surface area contributed by atoms with Crippen LogP contribution in [-0.4, -0.2) is 49.0 Å². The van der Waals surface area contributed by atoms with E-state index in [9.17, 15) is 13.2 Å². The molecule has 0 radical (unpaired) electrons. The van der Waals surface area contributed by atoms with Gasteiger partial charge in [0.1, 0.15) is 16.3 Å². The maximum atomic E-state index is 13.0. The van der Waals surface area contributed by atoms with Gasteiger partial charge in [-0.05, 0) is 78.0 Å². The zero-order valence-corrected chi connectivity index (χ0v) is 20.9. The Morgan fingerprint density at radius 1 is 1.18 bits per heavy atom. The van der Waals surface area contributed by atoms with Gasteiger partial charge < -0.3 is 14.6 Å². The number of aromatic nitrogens is 1. The summed E-state index contributed by atoms with van der Waals surface area (Å²) in [5.74, 6) is 0.967. The van der Waals surface area contributed by atoms with Gasteiger partial charge in [0.05, 0.1) is 6.10 Å². The molecule has 1 amide bonds. The van der Waals surface area contributed by atoms with Gasteiger partial charge in [0.25, 0.3) is 0 Å². The summed E-state index contributed by atoms with van der Waals surface area (Å²) >= 11 is 0. The van der Waals surface area contributed by atoms with Crippen LogP contribution in [0, 0.1) is 19.8 Å². The predicted molar refractivity (Wildman–Crippen MR) is 126 cm³/mol. The van der Waals surface area contributed by atoms with Crippen LogP contribution in [0.3, 0.4) is 0 Å². The molecule has 0 bridgehead atoms. The molecule has 0 spiro atoms. The minimum absolute atomic E-state index is 0.00225. The summed E-state index contributed by atoms with van der Waals surface area (Å²) in [7, 11) is -3.67. The summed E-state index contributed by atoms with van der Waals surface area (Å²) in [6, 6.07) is 8.10.